The molecule has 1 aromatic carbocycles. The van der Waals surface area contributed by atoms with Crippen LogP contribution in [-0.4, -0.2) is 19.7 Å². The topological polar surface area (TPSA) is 43.6 Å². The van der Waals surface area contributed by atoms with Gasteiger partial charge in [0.05, 0.1) is 18.1 Å². The van der Waals surface area contributed by atoms with Crippen LogP contribution in [0.2, 0.25) is 15.3 Å². The first-order valence-corrected chi connectivity index (χ1v) is 6.55. The van der Waals surface area contributed by atoms with Crippen molar-refractivity contribution >= 4 is 45.8 Å². The summed E-state index contributed by atoms with van der Waals surface area (Å²) in [4.78, 5) is 8.08. The van der Waals surface area contributed by atoms with Gasteiger partial charge in [-0.05, 0) is 29.3 Å². The van der Waals surface area contributed by atoms with Crippen molar-refractivity contribution in [2.24, 2.45) is 0 Å². The largest absolute Gasteiger partial charge is 0.243 e. The predicted molar refractivity (Wildman–Crippen MR) is 75.9 cm³/mol. The van der Waals surface area contributed by atoms with Crippen molar-refractivity contribution in [3.05, 3.63) is 51.5 Å². The first kappa shape index (κ1) is 12.7. The molecule has 0 atom stereocenters. The van der Waals surface area contributed by atoms with Crippen LogP contribution in [0.3, 0.4) is 0 Å². The Balaban J connectivity index is 2.03. The van der Waals surface area contributed by atoms with E-state index < -0.39 is 0 Å². The van der Waals surface area contributed by atoms with E-state index >= 15 is 0 Å². The van der Waals surface area contributed by atoms with Gasteiger partial charge in [-0.3, -0.25) is 0 Å². The highest BCUT2D eigenvalue weighted by atomic mass is 35.5. The van der Waals surface area contributed by atoms with E-state index in [4.69, 9.17) is 34.8 Å². The van der Waals surface area contributed by atoms with E-state index in [1.165, 1.54) is 0 Å². The summed E-state index contributed by atoms with van der Waals surface area (Å²) in [5, 5.41) is 6.47. The maximum atomic E-state index is 6.14. The van der Waals surface area contributed by atoms with Crippen LogP contribution in [-0.2, 0) is 6.54 Å². The number of benzene rings is 1. The van der Waals surface area contributed by atoms with E-state index in [1.807, 2.05) is 6.07 Å². The van der Waals surface area contributed by atoms with Crippen LogP contribution < -0.4 is 0 Å². The fraction of sp³-hybridized carbons (Fsp3) is 0.0833. The molecule has 0 unspecified atom stereocenters. The normalized spacial score (nSPS) is 11.1. The van der Waals surface area contributed by atoms with Crippen molar-refractivity contribution in [3.63, 3.8) is 0 Å². The summed E-state index contributed by atoms with van der Waals surface area (Å²) in [6.45, 7) is 0.493. The van der Waals surface area contributed by atoms with Crippen LogP contribution in [0.4, 0.5) is 0 Å². The molecule has 0 fully saturated rings. The molecule has 4 nitrogen and oxygen atoms in total. The lowest BCUT2D eigenvalue weighted by Crippen LogP contribution is -2.03. The number of halogens is 3. The molecule has 0 aliphatic carbocycles. The molecular weight excluding hydrogens is 307 g/mol. The van der Waals surface area contributed by atoms with Gasteiger partial charge in [0, 0.05) is 16.2 Å². The molecule has 0 saturated heterocycles. The third kappa shape index (κ3) is 2.52. The number of aromatic nitrogens is 4. The van der Waals surface area contributed by atoms with E-state index in [0.717, 1.165) is 10.9 Å². The van der Waals surface area contributed by atoms with Crippen molar-refractivity contribution in [3.8, 4) is 0 Å². The van der Waals surface area contributed by atoms with Gasteiger partial charge in [-0.15, -0.1) is 0 Å². The summed E-state index contributed by atoms with van der Waals surface area (Å²) in [5.74, 6) is 0. The zero-order valence-electron chi connectivity index (χ0n) is 9.52. The number of rotatable bonds is 2. The summed E-state index contributed by atoms with van der Waals surface area (Å²) < 4.78 is 1.72. The zero-order valence-corrected chi connectivity index (χ0v) is 11.8. The van der Waals surface area contributed by atoms with Gasteiger partial charge in [0.2, 0.25) is 5.28 Å². The third-order valence-electron chi connectivity index (χ3n) is 2.68. The van der Waals surface area contributed by atoms with Crippen LogP contribution in [0.1, 0.15) is 5.56 Å². The minimum atomic E-state index is 0.191. The van der Waals surface area contributed by atoms with Gasteiger partial charge in [0.15, 0.2) is 5.65 Å². The van der Waals surface area contributed by atoms with Crippen molar-refractivity contribution in [1.82, 2.24) is 19.7 Å². The van der Waals surface area contributed by atoms with E-state index in [9.17, 15) is 0 Å². The van der Waals surface area contributed by atoms with Gasteiger partial charge in [0.25, 0.3) is 0 Å². The Morgan fingerprint density at radius 3 is 2.74 bits per heavy atom. The van der Waals surface area contributed by atoms with Crippen LogP contribution in [0.25, 0.3) is 11.0 Å². The molecule has 7 heteroatoms. The van der Waals surface area contributed by atoms with Crippen LogP contribution >= 0.6 is 34.8 Å². The van der Waals surface area contributed by atoms with Crippen molar-refractivity contribution < 1.29 is 0 Å². The fourth-order valence-corrected chi connectivity index (χ4v) is 2.37. The Morgan fingerprint density at radius 1 is 1.11 bits per heavy atom. The van der Waals surface area contributed by atoms with Gasteiger partial charge in [-0.1, -0.05) is 29.3 Å². The summed E-state index contributed by atoms with van der Waals surface area (Å²) in [6.07, 6.45) is 3.33. The number of hydrogen-bond acceptors (Lipinski definition) is 3. The summed E-state index contributed by atoms with van der Waals surface area (Å²) >= 11 is 17.8. The lowest BCUT2D eigenvalue weighted by molar-refractivity contribution is 0.704. The molecule has 0 aliphatic rings. The molecule has 0 bridgehead atoms. The standard InChI is InChI=1S/C12H7Cl3N4/c13-9-2-1-7(10(14)3-9)6-19-11-8(5-17-19)4-16-12(15)18-11/h1-5H,6H2. The zero-order chi connectivity index (χ0) is 13.4. The Kier molecular flexibility index (Phi) is 3.31. The highest BCUT2D eigenvalue weighted by Crippen LogP contribution is 2.22. The van der Waals surface area contributed by atoms with Gasteiger partial charge in [-0.25, -0.2) is 9.67 Å². The molecule has 0 radical (unpaired) electrons. The molecule has 3 aromatic rings. The Hall–Kier alpha value is -1.36. The SMILES string of the molecule is Clc1ccc(Cn2ncc3cnc(Cl)nc32)c(Cl)c1. The molecule has 0 N–H and O–H groups in total. The molecule has 0 saturated carbocycles. The second-order valence-corrected chi connectivity index (χ2v) is 5.14. The minimum absolute atomic E-state index is 0.191. The minimum Gasteiger partial charge on any atom is -0.243 e. The fourth-order valence-electron chi connectivity index (χ4n) is 1.77. The molecule has 2 heterocycles. The van der Waals surface area contributed by atoms with E-state index in [2.05, 4.69) is 15.1 Å². The summed E-state index contributed by atoms with van der Waals surface area (Å²) in [5.41, 5.74) is 1.58. The number of nitrogens with zero attached hydrogens (tertiary/aromatic N) is 4. The first-order valence-electron chi connectivity index (χ1n) is 5.41. The van der Waals surface area contributed by atoms with Gasteiger partial charge >= 0.3 is 0 Å². The lowest BCUT2D eigenvalue weighted by atomic mass is 10.2. The van der Waals surface area contributed by atoms with Gasteiger partial charge in [-0.2, -0.15) is 10.1 Å². The van der Waals surface area contributed by atoms with Gasteiger partial charge in [0.1, 0.15) is 0 Å². The predicted octanol–water partition coefficient (Wildman–Crippen LogP) is 3.83. The number of fused-ring (bicyclic) bond motifs is 1. The Labute approximate surface area is 123 Å². The molecule has 96 valence electrons. The molecule has 19 heavy (non-hydrogen) atoms. The maximum Gasteiger partial charge on any atom is 0.224 e. The smallest absolute Gasteiger partial charge is 0.224 e. The van der Waals surface area contributed by atoms with Crippen LogP contribution in [0.15, 0.2) is 30.6 Å². The van der Waals surface area contributed by atoms with Crippen molar-refractivity contribution in [1.29, 1.82) is 0 Å². The van der Waals surface area contributed by atoms with Gasteiger partial charge < -0.3 is 0 Å². The third-order valence-corrected chi connectivity index (χ3v) is 3.45. The van der Waals surface area contributed by atoms with Crippen LogP contribution in [0, 0.1) is 0 Å². The molecule has 0 aliphatic heterocycles. The molecule has 2 aromatic heterocycles. The lowest BCUT2D eigenvalue weighted by Gasteiger charge is -2.06. The van der Waals surface area contributed by atoms with Crippen molar-refractivity contribution in [2.45, 2.75) is 6.54 Å². The highest BCUT2D eigenvalue weighted by Gasteiger charge is 2.08. The molecule has 3 rings (SSSR count). The quantitative estimate of drug-likeness (QED) is 0.675. The van der Waals surface area contributed by atoms with Crippen molar-refractivity contribution in [2.75, 3.05) is 0 Å². The average molecular weight is 314 g/mol. The Morgan fingerprint density at radius 2 is 1.95 bits per heavy atom. The maximum absolute atomic E-state index is 6.14. The average Bonchev–Trinajstić information content (AvgIpc) is 2.75. The summed E-state index contributed by atoms with van der Waals surface area (Å²) in [7, 11) is 0. The number of hydrogen-bond donors (Lipinski definition) is 0. The van der Waals surface area contributed by atoms with E-state index in [0.29, 0.717) is 22.2 Å². The second kappa shape index (κ2) is 4.96. The molecule has 0 spiro atoms. The van der Waals surface area contributed by atoms with Crippen LogP contribution in [0.5, 0.6) is 0 Å². The highest BCUT2D eigenvalue weighted by molar-refractivity contribution is 6.35. The molecular formula is C12H7Cl3N4. The van der Waals surface area contributed by atoms with E-state index in [1.54, 1.807) is 29.2 Å². The molecule has 0 amide bonds. The Bertz CT molecular complexity index is 754. The monoisotopic (exact) mass is 312 g/mol. The first-order chi connectivity index (χ1) is 9.13. The summed E-state index contributed by atoms with van der Waals surface area (Å²) in [6, 6.07) is 5.35. The van der Waals surface area contributed by atoms with E-state index in [-0.39, 0.29) is 5.28 Å². The second-order valence-electron chi connectivity index (χ2n) is 3.96.